The topological polar surface area (TPSA) is 47.6 Å². The minimum absolute atomic E-state index is 0.180. The normalized spacial score (nSPS) is 19.9. The SMILES string of the molecule is CCOC(=O)C(C)(CCOC1CCCCC1)NC(C)C. The molecule has 0 aliphatic heterocycles. The molecule has 1 N–H and O–H groups in total. The van der Waals surface area contributed by atoms with Crippen LogP contribution in [0.5, 0.6) is 0 Å². The van der Waals surface area contributed by atoms with Crippen LogP contribution in [-0.4, -0.2) is 36.9 Å². The first-order chi connectivity index (χ1) is 9.48. The number of rotatable bonds is 8. The van der Waals surface area contributed by atoms with E-state index in [1.807, 2.05) is 27.7 Å². The van der Waals surface area contributed by atoms with Gasteiger partial charge in [0.2, 0.25) is 0 Å². The van der Waals surface area contributed by atoms with Crippen molar-refractivity contribution in [1.82, 2.24) is 5.32 Å². The second kappa shape index (κ2) is 8.63. The van der Waals surface area contributed by atoms with Gasteiger partial charge in [0, 0.05) is 12.6 Å². The highest BCUT2D eigenvalue weighted by atomic mass is 16.5. The predicted octanol–water partition coefficient (Wildman–Crippen LogP) is 3.05. The third-order valence-electron chi connectivity index (χ3n) is 3.84. The van der Waals surface area contributed by atoms with Gasteiger partial charge in [0.25, 0.3) is 0 Å². The molecular weight excluding hydrogens is 254 g/mol. The van der Waals surface area contributed by atoms with Gasteiger partial charge in [-0.2, -0.15) is 0 Å². The van der Waals surface area contributed by atoms with E-state index >= 15 is 0 Å². The number of hydrogen-bond acceptors (Lipinski definition) is 4. The van der Waals surface area contributed by atoms with E-state index in [1.54, 1.807) is 0 Å². The van der Waals surface area contributed by atoms with E-state index in [0.717, 1.165) is 12.8 Å². The van der Waals surface area contributed by atoms with Crippen molar-refractivity contribution in [3.8, 4) is 0 Å². The highest BCUT2D eigenvalue weighted by molar-refractivity contribution is 5.80. The molecule has 20 heavy (non-hydrogen) atoms. The molecule has 0 radical (unpaired) electrons. The van der Waals surface area contributed by atoms with E-state index in [-0.39, 0.29) is 12.0 Å². The second-order valence-corrected chi connectivity index (χ2v) is 6.23. The van der Waals surface area contributed by atoms with Gasteiger partial charge in [0.15, 0.2) is 0 Å². The lowest BCUT2D eigenvalue weighted by atomic mass is 9.96. The van der Waals surface area contributed by atoms with Crippen molar-refractivity contribution < 1.29 is 14.3 Å². The van der Waals surface area contributed by atoms with Crippen LogP contribution in [0.4, 0.5) is 0 Å². The van der Waals surface area contributed by atoms with Gasteiger partial charge in [-0.1, -0.05) is 19.3 Å². The number of nitrogens with one attached hydrogen (secondary N) is 1. The summed E-state index contributed by atoms with van der Waals surface area (Å²) in [5, 5.41) is 3.32. The summed E-state index contributed by atoms with van der Waals surface area (Å²) in [5.74, 6) is -0.180. The van der Waals surface area contributed by atoms with Gasteiger partial charge in [-0.05, 0) is 47.0 Å². The van der Waals surface area contributed by atoms with Crippen LogP contribution in [0.25, 0.3) is 0 Å². The summed E-state index contributed by atoms with van der Waals surface area (Å²) >= 11 is 0. The summed E-state index contributed by atoms with van der Waals surface area (Å²) in [4.78, 5) is 12.1. The Morgan fingerprint density at radius 1 is 1.30 bits per heavy atom. The van der Waals surface area contributed by atoms with Gasteiger partial charge in [0.05, 0.1) is 12.7 Å². The monoisotopic (exact) mass is 285 g/mol. The lowest BCUT2D eigenvalue weighted by Gasteiger charge is -2.31. The Hall–Kier alpha value is -0.610. The van der Waals surface area contributed by atoms with E-state index < -0.39 is 5.54 Å². The van der Waals surface area contributed by atoms with Crippen molar-refractivity contribution in [3.05, 3.63) is 0 Å². The Kier molecular flexibility index (Phi) is 7.52. The van der Waals surface area contributed by atoms with Crippen molar-refractivity contribution in [1.29, 1.82) is 0 Å². The standard InChI is InChI=1S/C16H31NO3/c1-5-19-15(18)16(4,17-13(2)3)11-12-20-14-9-7-6-8-10-14/h13-14,17H,5-12H2,1-4H3. The molecule has 0 aromatic rings. The third kappa shape index (κ3) is 5.80. The summed E-state index contributed by atoms with van der Waals surface area (Å²) < 4.78 is 11.1. The quantitative estimate of drug-likeness (QED) is 0.696. The van der Waals surface area contributed by atoms with Crippen LogP contribution < -0.4 is 5.32 Å². The van der Waals surface area contributed by atoms with Crippen molar-refractivity contribution in [3.63, 3.8) is 0 Å². The number of hydrogen-bond donors (Lipinski definition) is 1. The maximum absolute atomic E-state index is 12.1. The lowest BCUT2D eigenvalue weighted by molar-refractivity contribution is -0.152. The minimum Gasteiger partial charge on any atom is -0.465 e. The molecule has 1 aliphatic rings. The zero-order valence-corrected chi connectivity index (χ0v) is 13.5. The van der Waals surface area contributed by atoms with Crippen LogP contribution in [0.15, 0.2) is 0 Å². The lowest BCUT2D eigenvalue weighted by Crippen LogP contribution is -2.54. The van der Waals surface area contributed by atoms with Gasteiger partial charge in [0.1, 0.15) is 5.54 Å². The molecule has 0 aromatic heterocycles. The molecular formula is C16H31NO3. The van der Waals surface area contributed by atoms with E-state index in [0.29, 0.717) is 25.7 Å². The highest BCUT2D eigenvalue weighted by Gasteiger charge is 2.35. The molecule has 0 heterocycles. The molecule has 1 atom stereocenters. The smallest absolute Gasteiger partial charge is 0.326 e. The van der Waals surface area contributed by atoms with Crippen molar-refractivity contribution in [2.75, 3.05) is 13.2 Å². The van der Waals surface area contributed by atoms with E-state index in [9.17, 15) is 4.79 Å². The van der Waals surface area contributed by atoms with Gasteiger partial charge >= 0.3 is 5.97 Å². The predicted molar refractivity (Wildman–Crippen MR) is 80.8 cm³/mol. The Bertz CT molecular complexity index is 287. The number of esters is 1. The van der Waals surface area contributed by atoms with Crippen LogP contribution in [0.3, 0.4) is 0 Å². The highest BCUT2D eigenvalue weighted by Crippen LogP contribution is 2.21. The summed E-state index contributed by atoms with van der Waals surface area (Å²) in [6.45, 7) is 8.86. The molecule has 118 valence electrons. The first kappa shape index (κ1) is 17.4. The first-order valence-electron chi connectivity index (χ1n) is 8.04. The van der Waals surface area contributed by atoms with Crippen LogP contribution in [-0.2, 0) is 14.3 Å². The fourth-order valence-electron chi connectivity index (χ4n) is 2.82. The molecule has 1 saturated carbocycles. The Morgan fingerprint density at radius 3 is 2.50 bits per heavy atom. The maximum Gasteiger partial charge on any atom is 0.326 e. The van der Waals surface area contributed by atoms with Crippen LogP contribution in [0.1, 0.15) is 66.2 Å². The van der Waals surface area contributed by atoms with E-state index in [1.165, 1.54) is 19.3 Å². The summed E-state index contributed by atoms with van der Waals surface area (Å²) in [6, 6.07) is 0.235. The fraction of sp³-hybridized carbons (Fsp3) is 0.938. The maximum atomic E-state index is 12.1. The summed E-state index contributed by atoms with van der Waals surface area (Å²) in [7, 11) is 0. The number of ether oxygens (including phenoxy) is 2. The van der Waals surface area contributed by atoms with Gasteiger partial charge in [-0.3, -0.25) is 10.1 Å². The van der Waals surface area contributed by atoms with Crippen LogP contribution in [0.2, 0.25) is 0 Å². The van der Waals surface area contributed by atoms with E-state index in [2.05, 4.69) is 5.32 Å². The molecule has 4 nitrogen and oxygen atoms in total. The van der Waals surface area contributed by atoms with Crippen molar-refractivity contribution in [2.24, 2.45) is 0 Å². The summed E-state index contributed by atoms with van der Waals surface area (Å²) in [5.41, 5.74) is -0.654. The van der Waals surface area contributed by atoms with Crippen LogP contribution >= 0.6 is 0 Å². The van der Waals surface area contributed by atoms with Crippen molar-refractivity contribution in [2.45, 2.75) is 83.9 Å². The molecule has 4 heteroatoms. The largest absolute Gasteiger partial charge is 0.465 e. The van der Waals surface area contributed by atoms with Gasteiger partial charge in [-0.15, -0.1) is 0 Å². The van der Waals surface area contributed by atoms with Gasteiger partial charge in [-0.25, -0.2) is 0 Å². The average Bonchev–Trinajstić information content (AvgIpc) is 2.39. The van der Waals surface area contributed by atoms with Crippen LogP contribution in [0, 0.1) is 0 Å². The van der Waals surface area contributed by atoms with E-state index in [4.69, 9.17) is 9.47 Å². The molecule has 1 aliphatic carbocycles. The molecule has 0 bridgehead atoms. The Morgan fingerprint density at radius 2 is 1.95 bits per heavy atom. The molecule has 0 aromatic carbocycles. The molecule has 0 amide bonds. The minimum atomic E-state index is -0.654. The number of carbonyl (C=O) groups excluding carboxylic acids is 1. The summed E-state index contributed by atoms with van der Waals surface area (Å²) in [6.07, 6.45) is 7.22. The Balaban J connectivity index is 2.44. The zero-order chi connectivity index (χ0) is 15.0. The second-order valence-electron chi connectivity index (χ2n) is 6.23. The first-order valence-corrected chi connectivity index (χ1v) is 8.04. The molecule has 0 saturated heterocycles. The molecule has 1 rings (SSSR count). The van der Waals surface area contributed by atoms with Gasteiger partial charge < -0.3 is 9.47 Å². The number of carbonyl (C=O) groups is 1. The molecule has 0 spiro atoms. The molecule has 1 fully saturated rings. The fourth-order valence-corrected chi connectivity index (χ4v) is 2.82. The van der Waals surface area contributed by atoms with Crippen molar-refractivity contribution >= 4 is 5.97 Å². The zero-order valence-electron chi connectivity index (χ0n) is 13.5. The molecule has 1 unspecified atom stereocenters. The third-order valence-corrected chi connectivity index (χ3v) is 3.84. The average molecular weight is 285 g/mol. The Labute approximate surface area is 123 Å².